The average molecular weight is 580 g/mol. The van der Waals surface area contributed by atoms with Crippen LogP contribution in [0.5, 0.6) is 5.75 Å². The fourth-order valence-electron chi connectivity index (χ4n) is 4.34. The molecule has 0 aliphatic heterocycles. The van der Waals surface area contributed by atoms with Gasteiger partial charge in [-0.05, 0) is 77.8 Å². The van der Waals surface area contributed by atoms with Crippen LogP contribution in [0.3, 0.4) is 0 Å². The summed E-state index contributed by atoms with van der Waals surface area (Å²) in [6, 6.07) is 22.0. The first kappa shape index (κ1) is 31.7. The predicted octanol–water partition coefficient (Wildman–Crippen LogP) is 4.96. The van der Waals surface area contributed by atoms with Crippen LogP contribution in [0, 0.1) is 6.92 Å². The van der Waals surface area contributed by atoms with E-state index in [0.717, 1.165) is 15.4 Å². The lowest BCUT2D eigenvalue weighted by atomic mass is 10.1. The van der Waals surface area contributed by atoms with Gasteiger partial charge in [-0.3, -0.25) is 13.9 Å². The van der Waals surface area contributed by atoms with Crippen molar-refractivity contribution < 1.29 is 22.7 Å². The first-order valence-electron chi connectivity index (χ1n) is 13.8. The van der Waals surface area contributed by atoms with E-state index in [-0.39, 0.29) is 23.0 Å². The van der Waals surface area contributed by atoms with E-state index in [0.29, 0.717) is 18.8 Å². The van der Waals surface area contributed by atoms with E-state index >= 15 is 0 Å². The summed E-state index contributed by atoms with van der Waals surface area (Å²) in [6.07, 6.45) is 0.500. The highest BCUT2D eigenvalue weighted by atomic mass is 32.2. The number of carbonyl (C=O) groups excluding carboxylic acids is 2. The van der Waals surface area contributed by atoms with Crippen molar-refractivity contribution >= 4 is 27.5 Å². The second-order valence-corrected chi connectivity index (χ2v) is 12.8. The van der Waals surface area contributed by atoms with Crippen LogP contribution in [0.4, 0.5) is 5.69 Å². The minimum Gasteiger partial charge on any atom is -0.492 e. The number of rotatable bonds is 12. The first-order valence-corrected chi connectivity index (χ1v) is 15.2. The molecular weight excluding hydrogens is 538 g/mol. The molecule has 0 heterocycles. The molecule has 0 bridgehead atoms. The summed E-state index contributed by atoms with van der Waals surface area (Å²) >= 11 is 0. The Morgan fingerprint density at radius 3 is 2.15 bits per heavy atom. The topological polar surface area (TPSA) is 96.0 Å². The monoisotopic (exact) mass is 579 g/mol. The van der Waals surface area contributed by atoms with Gasteiger partial charge >= 0.3 is 0 Å². The Kier molecular flexibility index (Phi) is 10.6. The normalized spacial score (nSPS) is 12.3. The second-order valence-electron chi connectivity index (χ2n) is 11.0. The summed E-state index contributed by atoms with van der Waals surface area (Å²) in [5.41, 5.74) is 1.65. The number of hydrogen-bond donors (Lipinski definition) is 1. The van der Waals surface area contributed by atoms with Gasteiger partial charge in [0.05, 0.1) is 17.2 Å². The number of nitrogens with one attached hydrogen (secondary N) is 1. The molecule has 0 fully saturated rings. The molecule has 2 amide bonds. The van der Waals surface area contributed by atoms with Crippen LogP contribution in [0.15, 0.2) is 83.8 Å². The number of aryl methyl sites for hydroxylation is 1. The van der Waals surface area contributed by atoms with E-state index < -0.39 is 34.1 Å². The van der Waals surface area contributed by atoms with E-state index in [2.05, 4.69) is 5.32 Å². The maximum absolute atomic E-state index is 14.1. The van der Waals surface area contributed by atoms with Gasteiger partial charge in [0.1, 0.15) is 18.3 Å². The zero-order valence-corrected chi connectivity index (χ0v) is 25.6. The van der Waals surface area contributed by atoms with Gasteiger partial charge in [-0.25, -0.2) is 8.42 Å². The van der Waals surface area contributed by atoms with Crippen molar-refractivity contribution in [1.82, 2.24) is 10.2 Å². The summed E-state index contributed by atoms with van der Waals surface area (Å²) in [6.45, 7) is 11.0. The van der Waals surface area contributed by atoms with Crippen molar-refractivity contribution in [2.75, 3.05) is 24.0 Å². The van der Waals surface area contributed by atoms with E-state index in [1.54, 1.807) is 43.3 Å². The van der Waals surface area contributed by atoms with Gasteiger partial charge in [0.15, 0.2) is 0 Å². The quantitative estimate of drug-likeness (QED) is 0.327. The maximum Gasteiger partial charge on any atom is 0.264 e. The van der Waals surface area contributed by atoms with Crippen LogP contribution in [0.1, 0.15) is 45.7 Å². The van der Waals surface area contributed by atoms with Crippen molar-refractivity contribution in [3.05, 3.63) is 90.0 Å². The zero-order chi connectivity index (χ0) is 30.2. The molecule has 0 spiro atoms. The molecule has 3 aromatic carbocycles. The third-order valence-corrected chi connectivity index (χ3v) is 8.25. The van der Waals surface area contributed by atoms with Crippen molar-refractivity contribution in [2.45, 2.75) is 64.4 Å². The average Bonchev–Trinajstić information content (AvgIpc) is 2.92. The predicted molar refractivity (Wildman–Crippen MR) is 163 cm³/mol. The number of carbonyl (C=O) groups is 2. The molecule has 220 valence electrons. The van der Waals surface area contributed by atoms with Gasteiger partial charge in [-0.1, -0.05) is 60.2 Å². The highest BCUT2D eigenvalue weighted by molar-refractivity contribution is 7.92. The Morgan fingerprint density at radius 2 is 1.54 bits per heavy atom. The fourth-order valence-corrected chi connectivity index (χ4v) is 5.76. The number of hydrogen-bond acceptors (Lipinski definition) is 5. The van der Waals surface area contributed by atoms with Gasteiger partial charge < -0.3 is 15.0 Å². The van der Waals surface area contributed by atoms with Crippen LogP contribution < -0.4 is 14.4 Å². The van der Waals surface area contributed by atoms with Crippen LogP contribution in [0.2, 0.25) is 0 Å². The minimum absolute atomic E-state index is 0.0524. The highest BCUT2D eigenvalue weighted by Crippen LogP contribution is 2.33. The van der Waals surface area contributed by atoms with E-state index in [1.807, 2.05) is 65.0 Å². The van der Waals surface area contributed by atoms with Crippen LogP contribution in [0.25, 0.3) is 0 Å². The molecule has 41 heavy (non-hydrogen) atoms. The number of anilines is 1. The molecule has 9 heteroatoms. The lowest BCUT2D eigenvalue weighted by Crippen LogP contribution is -2.55. The third-order valence-electron chi connectivity index (χ3n) is 6.47. The Morgan fingerprint density at radius 1 is 0.927 bits per heavy atom. The third kappa shape index (κ3) is 8.57. The largest absolute Gasteiger partial charge is 0.492 e. The van der Waals surface area contributed by atoms with Gasteiger partial charge in [0.25, 0.3) is 10.0 Å². The summed E-state index contributed by atoms with van der Waals surface area (Å²) in [4.78, 5) is 28.8. The number of amides is 2. The number of sulfonamides is 1. The molecule has 0 aromatic heterocycles. The SMILES string of the molecule is CCOc1ccccc1N(CC(=O)N(CCc1ccccc1)[C@H](C)C(=O)NC(C)(C)C)S(=O)(=O)c1ccc(C)cc1. The lowest BCUT2D eigenvalue weighted by Gasteiger charge is -2.33. The van der Waals surface area contributed by atoms with Crippen molar-refractivity contribution in [3.8, 4) is 5.75 Å². The minimum atomic E-state index is -4.18. The maximum atomic E-state index is 14.1. The molecule has 3 aromatic rings. The highest BCUT2D eigenvalue weighted by Gasteiger charge is 2.34. The lowest BCUT2D eigenvalue weighted by molar-refractivity contribution is -0.139. The number of benzene rings is 3. The molecule has 0 saturated carbocycles. The molecular formula is C32H41N3O5S. The molecule has 1 atom stereocenters. The van der Waals surface area contributed by atoms with Crippen LogP contribution in [-0.2, 0) is 26.0 Å². The Balaban J connectivity index is 2.04. The summed E-state index contributed by atoms with van der Waals surface area (Å²) in [5.74, 6) is -0.478. The van der Waals surface area contributed by atoms with Crippen molar-refractivity contribution in [1.29, 1.82) is 0 Å². The molecule has 0 saturated heterocycles. The second kappa shape index (κ2) is 13.7. The fraction of sp³-hybridized carbons (Fsp3) is 0.375. The summed E-state index contributed by atoms with van der Waals surface area (Å²) in [7, 11) is -4.18. The Labute approximate surface area is 244 Å². The smallest absolute Gasteiger partial charge is 0.264 e. The Bertz CT molecular complexity index is 1420. The van der Waals surface area contributed by atoms with Gasteiger partial charge in [-0.15, -0.1) is 0 Å². The molecule has 0 unspecified atom stereocenters. The van der Waals surface area contributed by atoms with Crippen LogP contribution in [-0.4, -0.2) is 56.4 Å². The standard InChI is InChI=1S/C32H41N3O5S/c1-7-40-29-16-12-11-15-28(29)35(41(38,39)27-19-17-24(2)18-20-27)23-30(36)34(22-21-26-13-9-8-10-14-26)25(3)31(37)33-32(4,5)6/h8-20,25H,7,21-23H2,1-6H3,(H,33,37)/t25-/m1/s1. The number of nitrogens with zero attached hydrogens (tertiary/aromatic N) is 2. The van der Waals surface area contributed by atoms with Gasteiger partial charge in [0, 0.05) is 12.1 Å². The summed E-state index contributed by atoms with van der Waals surface area (Å²) < 4.78 is 34.9. The molecule has 0 aliphatic rings. The molecule has 3 rings (SSSR count). The van der Waals surface area contributed by atoms with Crippen molar-refractivity contribution in [2.24, 2.45) is 0 Å². The van der Waals surface area contributed by atoms with E-state index in [4.69, 9.17) is 4.74 Å². The van der Waals surface area contributed by atoms with Crippen molar-refractivity contribution in [3.63, 3.8) is 0 Å². The zero-order valence-electron chi connectivity index (χ0n) is 24.8. The number of para-hydroxylation sites is 2. The number of ether oxygens (including phenoxy) is 1. The molecule has 8 nitrogen and oxygen atoms in total. The van der Waals surface area contributed by atoms with Gasteiger partial charge in [0.2, 0.25) is 11.8 Å². The Hall–Kier alpha value is -3.85. The van der Waals surface area contributed by atoms with Gasteiger partial charge in [-0.2, -0.15) is 0 Å². The molecule has 0 aliphatic carbocycles. The van der Waals surface area contributed by atoms with E-state index in [1.165, 1.54) is 17.0 Å². The first-order chi connectivity index (χ1) is 19.3. The molecule has 0 radical (unpaired) electrons. The molecule has 1 N–H and O–H groups in total. The van der Waals surface area contributed by atoms with E-state index in [9.17, 15) is 18.0 Å². The summed E-state index contributed by atoms with van der Waals surface area (Å²) in [5, 5.41) is 2.94. The van der Waals surface area contributed by atoms with Crippen LogP contribution >= 0.6 is 0 Å².